The lowest BCUT2D eigenvalue weighted by Crippen LogP contribution is -2.53. The Labute approximate surface area is 274 Å². The summed E-state index contributed by atoms with van der Waals surface area (Å²) in [5.41, 5.74) is 0.628. The number of ether oxygens (including phenoxy) is 1. The van der Waals surface area contributed by atoms with Gasteiger partial charge in [0.2, 0.25) is 5.91 Å². The second-order valence-electron chi connectivity index (χ2n) is 12.3. The van der Waals surface area contributed by atoms with Crippen LogP contribution < -0.4 is 20.9 Å². The number of hydrogen-bond acceptors (Lipinski definition) is 8. The van der Waals surface area contributed by atoms with Gasteiger partial charge in [-0.25, -0.2) is 18.6 Å². The summed E-state index contributed by atoms with van der Waals surface area (Å²) < 4.78 is 75.2. The van der Waals surface area contributed by atoms with Gasteiger partial charge in [0.1, 0.15) is 35.1 Å². The summed E-state index contributed by atoms with van der Waals surface area (Å²) in [4.78, 5) is 45.3. The minimum Gasteiger partial charge on any atom is -0.480 e. The van der Waals surface area contributed by atoms with Crippen molar-refractivity contribution in [1.82, 2.24) is 20.5 Å². The molecule has 2 amide bonds. The number of carboxylic acids is 1. The summed E-state index contributed by atoms with van der Waals surface area (Å²) in [5.74, 6) is -5.80. The number of amides is 2. The van der Waals surface area contributed by atoms with E-state index in [1.165, 1.54) is 5.56 Å². The molecule has 1 aromatic carbocycles. The van der Waals surface area contributed by atoms with E-state index in [2.05, 4.69) is 21.6 Å². The van der Waals surface area contributed by atoms with Crippen molar-refractivity contribution in [3.63, 3.8) is 0 Å². The Hall–Kier alpha value is -4.05. The Balaban J connectivity index is 1.12. The van der Waals surface area contributed by atoms with E-state index in [-0.39, 0.29) is 13.2 Å². The maximum atomic E-state index is 15.0. The molecule has 3 aliphatic rings. The number of aryl methyl sites for hydroxylation is 2. The fourth-order valence-corrected chi connectivity index (χ4v) is 6.37. The van der Waals surface area contributed by atoms with Crippen LogP contribution in [0.4, 0.5) is 33.5 Å². The van der Waals surface area contributed by atoms with E-state index in [0.717, 1.165) is 68.2 Å². The molecule has 0 spiro atoms. The number of fused-ring (bicyclic) bond motifs is 1. The van der Waals surface area contributed by atoms with E-state index in [0.29, 0.717) is 25.1 Å². The van der Waals surface area contributed by atoms with Crippen LogP contribution in [0.1, 0.15) is 47.3 Å². The van der Waals surface area contributed by atoms with Gasteiger partial charge in [-0.1, -0.05) is 6.07 Å². The van der Waals surface area contributed by atoms with Crippen LogP contribution in [0.3, 0.4) is 0 Å². The summed E-state index contributed by atoms with van der Waals surface area (Å²) in [5, 5.41) is 17.5. The van der Waals surface area contributed by atoms with Gasteiger partial charge in [-0.15, -0.1) is 0 Å². The quantitative estimate of drug-likeness (QED) is 0.264. The molecule has 16 heteroatoms. The van der Waals surface area contributed by atoms with Crippen LogP contribution in [0.15, 0.2) is 24.3 Å². The topological polar surface area (TPSA) is 136 Å². The van der Waals surface area contributed by atoms with Crippen LogP contribution in [-0.4, -0.2) is 104 Å². The number of anilines is 2. The molecule has 0 saturated carbocycles. The molecule has 0 unspecified atom stereocenters. The lowest BCUT2D eigenvalue weighted by Gasteiger charge is -2.38. The van der Waals surface area contributed by atoms with Gasteiger partial charge in [-0.2, -0.15) is 13.2 Å². The number of likely N-dealkylation sites (tertiary alicyclic amines) is 1. The molecule has 11 nitrogen and oxygen atoms in total. The second kappa shape index (κ2) is 15.4. The van der Waals surface area contributed by atoms with Gasteiger partial charge in [0.25, 0.3) is 5.91 Å². The number of benzene rings is 1. The molecule has 4 N–H and O–H groups in total. The fraction of sp³-hybridized carbons (Fsp3) is 0.562. The van der Waals surface area contributed by atoms with E-state index in [1.807, 2.05) is 11.4 Å². The van der Waals surface area contributed by atoms with Crippen molar-refractivity contribution in [1.29, 1.82) is 0 Å². The molecule has 2 saturated heterocycles. The van der Waals surface area contributed by atoms with Crippen molar-refractivity contribution in [3.05, 3.63) is 52.7 Å². The summed E-state index contributed by atoms with van der Waals surface area (Å²) in [6, 6.07) is 1.47. The number of halogens is 5. The number of piperidine rings is 1. The van der Waals surface area contributed by atoms with Crippen LogP contribution in [0.2, 0.25) is 0 Å². The molecular weight excluding hydrogens is 643 g/mol. The Bertz CT molecular complexity index is 1470. The Morgan fingerprint density at radius 2 is 1.90 bits per heavy atom. The third kappa shape index (κ3) is 8.69. The number of rotatable bonds is 11. The van der Waals surface area contributed by atoms with Crippen LogP contribution in [-0.2, 0) is 27.2 Å². The van der Waals surface area contributed by atoms with Crippen molar-refractivity contribution in [2.75, 3.05) is 62.7 Å². The maximum Gasteiger partial charge on any atom is 0.411 e. The standard InChI is InChI=1S/C32H39F5N6O5/c33-23-14-22(43-12-13-48-18-26(43)32(35,36)37)15-24(34)27(23)30(45)41-25(31(46)47)16-39-29(44)20-5-2-10-42(17-20)11-3-6-21-8-7-19-4-1-9-38-28(19)40-21/h7-8,14-15,20,25-26H,1-6,9-13,16-18H2,(H,38,40)(H,39,44)(H,41,45)(H,46,47)/t20-,25+,26-/m1/s1. The van der Waals surface area contributed by atoms with Crippen molar-refractivity contribution in [2.24, 2.45) is 5.92 Å². The minimum absolute atomic E-state index is 0.103. The monoisotopic (exact) mass is 682 g/mol. The second-order valence-corrected chi connectivity index (χ2v) is 12.3. The van der Waals surface area contributed by atoms with Crippen LogP contribution in [0.25, 0.3) is 0 Å². The van der Waals surface area contributed by atoms with E-state index in [4.69, 9.17) is 9.72 Å². The lowest BCUT2D eigenvalue weighted by atomic mass is 9.96. The van der Waals surface area contributed by atoms with E-state index in [9.17, 15) is 41.4 Å². The van der Waals surface area contributed by atoms with Gasteiger partial charge in [-0.3, -0.25) is 9.59 Å². The highest BCUT2D eigenvalue weighted by Gasteiger charge is 2.46. The number of pyridine rings is 1. The molecule has 5 rings (SSSR count). The van der Waals surface area contributed by atoms with Gasteiger partial charge in [0.15, 0.2) is 0 Å². The average Bonchev–Trinajstić information content (AvgIpc) is 3.05. The zero-order chi connectivity index (χ0) is 34.4. The fourth-order valence-electron chi connectivity index (χ4n) is 6.37. The molecule has 3 aliphatic heterocycles. The first kappa shape index (κ1) is 35.3. The molecular formula is C32H39F5N6O5. The predicted molar refractivity (Wildman–Crippen MR) is 165 cm³/mol. The molecule has 1 aromatic heterocycles. The van der Waals surface area contributed by atoms with Gasteiger partial charge < -0.3 is 35.6 Å². The normalized spacial score (nSPS) is 20.7. The zero-order valence-electron chi connectivity index (χ0n) is 26.3. The first-order valence-corrected chi connectivity index (χ1v) is 16.1. The highest BCUT2D eigenvalue weighted by molar-refractivity contribution is 5.97. The Kier molecular flexibility index (Phi) is 11.3. The minimum atomic E-state index is -4.74. The number of aliphatic carboxylic acids is 1. The largest absolute Gasteiger partial charge is 0.480 e. The molecule has 262 valence electrons. The first-order valence-electron chi connectivity index (χ1n) is 16.1. The smallest absolute Gasteiger partial charge is 0.411 e. The SMILES string of the molecule is O=C(N[C@@H](CNC(=O)[C@@H]1CCCN(CCCc2ccc3c(n2)NCCC3)C1)C(=O)O)c1c(F)cc(N2CCOC[C@@H]2C(F)(F)F)cc1F. The van der Waals surface area contributed by atoms with Gasteiger partial charge in [0, 0.05) is 37.6 Å². The zero-order valence-corrected chi connectivity index (χ0v) is 26.3. The average molecular weight is 683 g/mol. The number of nitrogens with one attached hydrogen (secondary N) is 3. The Morgan fingerprint density at radius 1 is 1.12 bits per heavy atom. The van der Waals surface area contributed by atoms with E-state index >= 15 is 0 Å². The van der Waals surface area contributed by atoms with Crippen molar-refractivity contribution >= 4 is 29.3 Å². The number of nitrogens with zero attached hydrogens (tertiary/aromatic N) is 3. The van der Waals surface area contributed by atoms with Crippen LogP contribution in [0, 0.1) is 17.6 Å². The molecule has 2 fully saturated rings. The van der Waals surface area contributed by atoms with Crippen molar-refractivity contribution in [2.45, 2.75) is 56.8 Å². The summed E-state index contributed by atoms with van der Waals surface area (Å²) in [6.07, 6.45) is 0.352. The first-order chi connectivity index (χ1) is 22.9. The highest BCUT2D eigenvalue weighted by atomic mass is 19.4. The number of hydrogen-bond donors (Lipinski definition) is 4. The van der Waals surface area contributed by atoms with Crippen LogP contribution in [0.5, 0.6) is 0 Å². The number of alkyl halides is 3. The maximum absolute atomic E-state index is 15.0. The summed E-state index contributed by atoms with van der Waals surface area (Å²) in [7, 11) is 0. The van der Waals surface area contributed by atoms with Gasteiger partial charge in [-0.05, 0) is 75.4 Å². The molecule has 3 atom stereocenters. The molecule has 48 heavy (non-hydrogen) atoms. The number of carboxylic acid groups (broad SMARTS) is 1. The van der Waals surface area contributed by atoms with Gasteiger partial charge >= 0.3 is 12.1 Å². The molecule has 0 aliphatic carbocycles. The molecule has 2 aromatic rings. The molecule has 0 radical (unpaired) electrons. The number of carbonyl (C=O) groups is 3. The number of aromatic nitrogens is 1. The molecule has 4 heterocycles. The van der Waals surface area contributed by atoms with Gasteiger partial charge in [0.05, 0.1) is 19.1 Å². The lowest BCUT2D eigenvalue weighted by molar-refractivity contribution is -0.167. The Morgan fingerprint density at radius 3 is 2.62 bits per heavy atom. The number of carbonyl (C=O) groups excluding carboxylic acids is 2. The van der Waals surface area contributed by atoms with E-state index < -0.39 is 78.0 Å². The molecule has 0 bridgehead atoms. The van der Waals surface area contributed by atoms with E-state index in [1.54, 1.807) is 0 Å². The summed E-state index contributed by atoms with van der Waals surface area (Å²) >= 11 is 0. The predicted octanol–water partition coefficient (Wildman–Crippen LogP) is 3.13. The number of morpholine rings is 1. The third-order valence-electron chi connectivity index (χ3n) is 8.91. The third-order valence-corrected chi connectivity index (χ3v) is 8.91. The van der Waals surface area contributed by atoms with Crippen LogP contribution >= 0.6 is 0 Å². The van der Waals surface area contributed by atoms with Crippen molar-refractivity contribution in [3.8, 4) is 0 Å². The summed E-state index contributed by atoms with van der Waals surface area (Å²) in [6.45, 7) is 1.28. The van der Waals surface area contributed by atoms with Crippen molar-refractivity contribution < 1.29 is 46.2 Å². The highest BCUT2D eigenvalue weighted by Crippen LogP contribution is 2.32.